The first-order valence-electron chi connectivity index (χ1n) is 7.64. The maximum atomic E-state index is 12.0. The Balaban J connectivity index is 1.91. The molecule has 1 heterocycles. The predicted molar refractivity (Wildman–Crippen MR) is 82.2 cm³/mol. The Morgan fingerprint density at radius 1 is 1.43 bits per heavy atom. The Labute approximate surface area is 125 Å². The van der Waals surface area contributed by atoms with Crippen LogP contribution in [0.4, 0.5) is 10.6 Å². The van der Waals surface area contributed by atoms with Gasteiger partial charge >= 0.3 is 6.03 Å². The zero-order chi connectivity index (χ0) is 15.5. The molecule has 6 nitrogen and oxygen atoms in total. The zero-order valence-corrected chi connectivity index (χ0v) is 13.1. The summed E-state index contributed by atoms with van der Waals surface area (Å²) in [5.74, 6) is 0.704. The van der Waals surface area contributed by atoms with Gasteiger partial charge in [-0.1, -0.05) is 12.8 Å². The van der Waals surface area contributed by atoms with Gasteiger partial charge in [0, 0.05) is 30.8 Å². The predicted octanol–water partition coefficient (Wildman–Crippen LogP) is 2.31. The molecule has 21 heavy (non-hydrogen) atoms. The number of carbonyl (C=O) groups excluding carboxylic acids is 1. The highest BCUT2D eigenvalue weighted by molar-refractivity contribution is 5.88. The molecule has 1 aliphatic rings. The number of nitrogens with one attached hydrogen (secondary N) is 2. The molecule has 0 aromatic carbocycles. The third-order valence-corrected chi connectivity index (χ3v) is 3.98. The monoisotopic (exact) mass is 294 g/mol. The van der Waals surface area contributed by atoms with Crippen LogP contribution in [-0.4, -0.2) is 33.6 Å². The van der Waals surface area contributed by atoms with E-state index in [1.165, 1.54) is 0 Å². The van der Waals surface area contributed by atoms with Crippen molar-refractivity contribution < 1.29 is 9.90 Å². The summed E-state index contributed by atoms with van der Waals surface area (Å²) in [5, 5.41) is 19.4. The molecule has 2 amide bonds. The molecule has 0 saturated heterocycles. The summed E-state index contributed by atoms with van der Waals surface area (Å²) < 4.78 is 1.82. The molecule has 1 aromatic rings. The summed E-state index contributed by atoms with van der Waals surface area (Å²) in [6.07, 6.45) is 5.98. The minimum absolute atomic E-state index is 0.0495. The average molecular weight is 294 g/mol. The lowest BCUT2D eigenvalue weighted by atomic mass is 9.85. The molecule has 118 valence electrons. The van der Waals surface area contributed by atoms with E-state index in [0.29, 0.717) is 5.82 Å². The third kappa shape index (κ3) is 4.20. The number of aliphatic hydroxyl groups excluding tert-OH is 1. The lowest BCUT2D eigenvalue weighted by Gasteiger charge is -2.30. The number of nitrogens with zero attached hydrogens (tertiary/aromatic N) is 2. The molecule has 0 aliphatic heterocycles. The van der Waals surface area contributed by atoms with Crippen LogP contribution < -0.4 is 10.6 Å². The van der Waals surface area contributed by atoms with Crippen molar-refractivity contribution in [2.75, 3.05) is 11.9 Å². The Hall–Kier alpha value is -1.56. The molecule has 2 rings (SSSR count). The topological polar surface area (TPSA) is 79.2 Å². The number of hydrogen-bond acceptors (Lipinski definition) is 3. The van der Waals surface area contributed by atoms with E-state index < -0.39 is 0 Å². The fourth-order valence-corrected chi connectivity index (χ4v) is 2.70. The van der Waals surface area contributed by atoms with E-state index in [0.717, 1.165) is 25.7 Å². The number of rotatable bonds is 3. The quantitative estimate of drug-likeness (QED) is 0.800. The van der Waals surface area contributed by atoms with Crippen LogP contribution in [0.5, 0.6) is 0 Å². The van der Waals surface area contributed by atoms with E-state index in [2.05, 4.69) is 36.5 Å². The SMILES string of the molecule is CC(C)(C)n1ccc(NC(=O)NC2CCCCC2CO)n1. The zero-order valence-electron chi connectivity index (χ0n) is 13.1. The van der Waals surface area contributed by atoms with Crippen molar-refractivity contribution in [3.8, 4) is 0 Å². The lowest BCUT2D eigenvalue weighted by molar-refractivity contribution is 0.156. The molecule has 1 fully saturated rings. The van der Waals surface area contributed by atoms with Gasteiger partial charge in [-0.3, -0.25) is 10.00 Å². The average Bonchev–Trinajstić information content (AvgIpc) is 2.87. The maximum Gasteiger partial charge on any atom is 0.320 e. The second-order valence-corrected chi connectivity index (χ2v) is 6.75. The van der Waals surface area contributed by atoms with E-state index in [4.69, 9.17) is 0 Å². The number of aliphatic hydroxyl groups is 1. The van der Waals surface area contributed by atoms with Crippen LogP contribution in [-0.2, 0) is 5.54 Å². The van der Waals surface area contributed by atoms with Gasteiger partial charge in [-0.25, -0.2) is 4.79 Å². The fraction of sp³-hybridized carbons (Fsp3) is 0.733. The van der Waals surface area contributed by atoms with Crippen LogP contribution in [0.15, 0.2) is 12.3 Å². The Morgan fingerprint density at radius 3 is 2.76 bits per heavy atom. The number of urea groups is 1. The molecule has 1 saturated carbocycles. The van der Waals surface area contributed by atoms with Crippen LogP contribution in [0.25, 0.3) is 0 Å². The van der Waals surface area contributed by atoms with Crippen molar-refractivity contribution in [2.24, 2.45) is 5.92 Å². The van der Waals surface area contributed by atoms with Crippen molar-refractivity contribution in [1.82, 2.24) is 15.1 Å². The fourth-order valence-electron chi connectivity index (χ4n) is 2.70. The summed E-state index contributed by atoms with van der Waals surface area (Å²) in [7, 11) is 0. The number of aromatic nitrogens is 2. The second-order valence-electron chi connectivity index (χ2n) is 6.75. The van der Waals surface area contributed by atoms with Crippen LogP contribution in [0.1, 0.15) is 46.5 Å². The second kappa shape index (κ2) is 6.47. The number of amides is 2. The van der Waals surface area contributed by atoms with Gasteiger partial charge in [0.05, 0.1) is 5.54 Å². The van der Waals surface area contributed by atoms with Crippen LogP contribution >= 0.6 is 0 Å². The summed E-state index contributed by atoms with van der Waals surface area (Å²) in [6, 6.07) is 1.59. The normalized spacial score (nSPS) is 22.9. The molecule has 1 aliphatic carbocycles. The molecule has 6 heteroatoms. The highest BCUT2D eigenvalue weighted by Gasteiger charge is 2.26. The van der Waals surface area contributed by atoms with Crippen LogP contribution in [0, 0.1) is 5.92 Å². The Morgan fingerprint density at radius 2 is 2.14 bits per heavy atom. The van der Waals surface area contributed by atoms with Crippen molar-refractivity contribution >= 4 is 11.8 Å². The van der Waals surface area contributed by atoms with Gasteiger partial charge in [-0.2, -0.15) is 5.10 Å². The highest BCUT2D eigenvalue weighted by atomic mass is 16.3. The van der Waals surface area contributed by atoms with E-state index in [9.17, 15) is 9.90 Å². The van der Waals surface area contributed by atoms with Crippen LogP contribution in [0.3, 0.4) is 0 Å². The number of hydrogen-bond donors (Lipinski definition) is 3. The molecule has 2 unspecified atom stereocenters. The van der Waals surface area contributed by atoms with E-state index in [-0.39, 0.29) is 30.1 Å². The van der Waals surface area contributed by atoms with Gasteiger partial charge in [0.1, 0.15) is 0 Å². The van der Waals surface area contributed by atoms with E-state index in [1.807, 2.05) is 10.9 Å². The van der Waals surface area contributed by atoms with E-state index >= 15 is 0 Å². The minimum atomic E-state index is -0.250. The third-order valence-electron chi connectivity index (χ3n) is 3.98. The maximum absolute atomic E-state index is 12.0. The summed E-state index contributed by atoms with van der Waals surface area (Å²) >= 11 is 0. The first-order chi connectivity index (χ1) is 9.90. The Bertz CT molecular complexity index is 478. The van der Waals surface area contributed by atoms with Gasteiger partial charge in [0.25, 0.3) is 0 Å². The molecular formula is C15H26N4O2. The minimum Gasteiger partial charge on any atom is -0.396 e. The first kappa shape index (κ1) is 15.8. The summed E-state index contributed by atoms with van der Waals surface area (Å²) in [5.41, 5.74) is -0.109. The van der Waals surface area contributed by atoms with Gasteiger partial charge in [0.15, 0.2) is 5.82 Å². The number of anilines is 1. The van der Waals surface area contributed by atoms with Crippen molar-refractivity contribution in [2.45, 2.75) is 58.0 Å². The molecule has 1 aromatic heterocycles. The molecule has 2 atom stereocenters. The van der Waals surface area contributed by atoms with Crippen molar-refractivity contribution in [1.29, 1.82) is 0 Å². The van der Waals surface area contributed by atoms with Gasteiger partial charge in [-0.15, -0.1) is 0 Å². The highest BCUT2D eigenvalue weighted by Crippen LogP contribution is 2.24. The Kier molecular flexibility index (Phi) is 4.88. The van der Waals surface area contributed by atoms with Crippen molar-refractivity contribution in [3.63, 3.8) is 0 Å². The van der Waals surface area contributed by atoms with Gasteiger partial charge in [0.2, 0.25) is 0 Å². The smallest absolute Gasteiger partial charge is 0.320 e. The van der Waals surface area contributed by atoms with Crippen LogP contribution in [0.2, 0.25) is 0 Å². The largest absolute Gasteiger partial charge is 0.396 e. The van der Waals surface area contributed by atoms with Crippen molar-refractivity contribution in [3.05, 3.63) is 12.3 Å². The van der Waals surface area contributed by atoms with E-state index in [1.54, 1.807) is 6.07 Å². The molecule has 3 N–H and O–H groups in total. The van der Waals surface area contributed by atoms with Gasteiger partial charge < -0.3 is 10.4 Å². The standard InChI is InChI=1S/C15H26N4O2/c1-15(2,3)19-9-8-13(18-19)17-14(21)16-12-7-5-4-6-11(12)10-20/h8-9,11-12,20H,4-7,10H2,1-3H3,(H2,16,17,18,21). The number of carbonyl (C=O) groups is 1. The molecular weight excluding hydrogens is 268 g/mol. The molecule has 0 bridgehead atoms. The summed E-state index contributed by atoms with van der Waals surface area (Å²) in [4.78, 5) is 12.0. The summed E-state index contributed by atoms with van der Waals surface area (Å²) in [6.45, 7) is 6.29. The molecule has 0 spiro atoms. The lowest BCUT2D eigenvalue weighted by Crippen LogP contribution is -2.45. The van der Waals surface area contributed by atoms with Gasteiger partial charge in [-0.05, 0) is 33.6 Å². The molecule has 0 radical (unpaired) electrons. The first-order valence-corrected chi connectivity index (χ1v) is 7.64.